The van der Waals surface area contributed by atoms with Crippen molar-refractivity contribution < 1.29 is 4.52 Å². The number of fused-ring (bicyclic) bond motifs is 1. The number of aromatic nitrogens is 3. The monoisotopic (exact) mass is 289 g/mol. The zero-order chi connectivity index (χ0) is 14.3. The Kier molecular flexibility index (Phi) is 3.26. The Morgan fingerprint density at radius 2 is 2.05 bits per heavy atom. The Morgan fingerprint density at radius 3 is 2.70 bits per heavy atom. The van der Waals surface area contributed by atoms with Crippen molar-refractivity contribution in [2.45, 2.75) is 32.7 Å². The lowest BCUT2D eigenvalue weighted by molar-refractivity contribution is 0.391. The van der Waals surface area contributed by atoms with Crippen LogP contribution in [0.5, 0.6) is 0 Å². The van der Waals surface area contributed by atoms with Gasteiger partial charge in [-0.15, -0.1) is 11.6 Å². The van der Waals surface area contributed by atoms with Crippen LogP contribution in [0.15, 0.2) is 28.8 Å². The molecule has 0 spiro atoms. The molecule has 0 fully saturated rings. The van der Waals surface area contributed by atoms with Gasteiger partial charge in [0.1, 0.15) is 11.6 Å². The second-order valence-corrected chi connectivity index (χ2v) is 5.20. The quantitative estimate of drug-likeness (QED) is 0.685. The summed E-state index contributed by atoms with van der Waals surface area (Å²) < 4.78 is 7.44. The SMILES string of the molecule is Cc1noc(C)c1C(C)n1c(CCl)nc2ccccc21. The van der Waals surface area contributed by atoms with Crippen LogP contribution in [0.1, 0.15) is 35.8 Å². The fraction of sp³-hybridized carbons (Fsp3) is 0.333. The Balaban J connectivity index is 2.23. The van der Waals surface area contributed by atoms with Crippen molar-refractivity contribution in [3.05, 3.63) is 47.1 Å². The smallest absolute Gasteiger partial charge is 0.139 e. The van der Waals surface area contributed by atoms with Gasteiger partial charge in [0.15, 0.2) is 0 Å². The van der Waals surface area contributed by atoms with E-state index in [2.05, 4.69) is 27.7 Å². The third kappa shape index (κ3) is 1.91. The highest BCUT2D eigenvalue weighted by molar-refractivity contribution is 6.16. The van der Waals surface area contributed by atoms with Gasteiger partial charge in [0, 0.05) is 5.56 Å². The molecule has 3 aromatic rings. The maximum atomic E-state index is 6.07. The molecule has 0 saturated carbocycles. The van der Waals surface area contributed by atoms with Gasteiger partial charge in [0.2, 0.25) is 0 Å². The van der Waals surface area contributed by atoms with Crippen LogP contribution in [0.3, 0.4) is 0 Å². The van der Waals surface area contributed by atoms with E-state index in [9.17, 15) is 0 Å². The average Bonchev–Trinajstić information content (AvgIpc) is 2.98. The predicted octanol–water partition coefficient (Wildman–Crippen LogP) is 3.99. The van der Waals surface area contributed by atoms with E-state index in [1.54, 1.807) is 0 Å². The molecule has 0 aliphatic heterocycles. The second-order valence-electron chi connectivity index (χ2n) is 4.93. The van der Waals surface area contributed by atoms with E-state index in [0.29, 0.717) is 5.88 Å². The van der Waals surface area contributed by atoms with E-state index in [1.807, 2.05) is 32.0 Å². The number of para-hydroxylation sites is 2. The van der Waals surface area contributed by atoms with Gasteiger partial charge in [-0.3, -0.25) is 0 Å². The van der Waals surface area contributed by atoms with Gasteiger partial charge in [-0.1, -0.05) is 17.3 Å². The molecule has 0 saturated heterocycles. The zero-order valence-corrected chi connectivity index (χ0v) is 12.5. The second kappa shape index (κ2) is 4.94. The van der Waals surface area contributed by atoms with Crippen LogP contribution in [0.2, 0.25) is 0 Å². The van der Waals surface area contributed by atoms with Crippen LogP contribution in [0.4, 0.5) is 0 Å². The van der Waals surface area contributed by atoms with Gasteiger partial charge in [-0.2, -0.15) is 0 Å². The maximum absolute atomic E-state index is 6.07. The van der Waals surface area contributed by atoms with E-state index in [4.69, 9.17) is 16.1 Å². The van der Waals surface area contributed by atoms with Gasteiger partial charge >= 0.3 is 0 Å². The molecule has 5 heteroatoms. The van der Waals surface area contributed by atoms with Crippen molar-refractivity contribution in [1.82, 2.24) is 14.7 Å². The molecule has 0 amide bonds. The standard InChI is InChI=1S/C15H16ClN3O/c1-9-15(11(3)20-18-9)10(2)19-13-7-5-4-6-12(13)17-14(19)8-16/h4-7,10H,8H2,1-3H3. The lowest BCUT2D eigenvalue weighted by Crippen LogP contribution is -2.11. The molecular formula is C15H16ClN3O. The zero-order valence-electron chi connectivity index (χ0n) is 11.7. The molecule has 20 heavy (non-hydrogen) atoms. The van der Waals surface area contributed by atoms with Gasteiger partial charge in [0.25, 0.3) is 0 Å². The topological polar surface area (TPSA) is 43.9 Å². The van der Waals surface area contributed by atoms with Gasteiger partial charge in [-0.25, -0.2) is 4.98 Å². The summed E-state index contributed by atoms with van der Waals surface area (Å²) in [6.45, 7) is 6.02. The van der Waals surface area contributed by atoms with Crippen LogP contribution >= 0.6 is 11.6 Å². The highest BCUT2D eigenvalue weighted by Gasteiger charge is 2.22. The molecule has 0 aliphatic rings. The first-order chi connectivity index (χ1) is 9.63. The summed E-state index contributed by atoms with van der Waals surface area (Å²) in [5.74, 6) is 2.08. The summed E-state index contributed by atoms with van der Waals surface area (Å²) >= 11 is 6.07. The molecule has 0 N–H and O–H groups in total. The fourth-order valence-corrected chi connectivity index (χ4v) is 3.02. The number of benzene rings is 1. The van der Waals surface area contributed by atoms with E-state index < -0.39 is 0 Å². The summed E-state index contributed by atoms with van der Waals surface area (Å²) in [6, 6.07) is 8.15. The normalized spacial score (nSPS) is 13.0. The third-order valence-corrected chi connectivity index (χ3v) is 3.92. The Morgan fingerprint density at radius 1 is 1.30 bits per heavy atom. The lowest BCUT2D eigenvalue weighted by atomic mass is 10.1. The lowest BCUT2D eigenvalue weighted by Gasteiger charge is -2.17. The minimum absolute atomic E-state index is 0.0856. The summed E-state index contributed by atoms with van der Waals surface area (Å²) in [5.41, 5.74) is 4.05. The van der Waals surface area contributed by atoms with E-state index >= 15 is 0 Å². The number of hydrogen-bond donors (Lipinski definition) is 0. The highest BCUT2D eigenvalue weighted by atomic mass is 35.5. The molecule has 3 rings (SSSR count). The molecule has 0 aliphatic carbocycles. The van der Waals surface area contributed by atoms with Crippen molar-refractivity contribution in [3.63, 3.8) is 0 Å². The third-order valence-electron chi connectivity index (χ3n) is 3.68. The number of rotatable bonds is 3. The van der Waals surface area contributed by atoms with Crippen molar-refractivity contribution in [2.24, 2.45) is 0 Å². The first-order valence-electron chi connectivity index (χ1n) is 6.58. The minimum Gasteiger partial charge on any atom is -0.361 e. The van der Waals surface area contributed by atoms with Crippen LogP contribution in [0.25, 0.3) is 11.0 Å². The van der Waals surface area contributed by atoms with Crippen LogP contribution in [-0.2, 0) is 5.88 Å². The number of aryl methyl sites for hydroxylation is 2. The molecule has 0 radical (unpaired) electrons. The minimum atomic E-state index is 0.0856. The van der Waals surface area contributed by atoms with E-state index in [0.717, 1.165) is 33.9 Å². The first kappa shape index (κ1) is 13.2. The van der Waals surface area contributed by atoms with Gasteiger partial charge < -0.3 is 9.09 Å². The summed E-state index contributed by atoms with van der Waals surface area (Å²) in [5, 5.41) is 4.04. The average molecular weight is 290 g/mol. The first-order valence-corrected chi connectivity index (χ1v) is 7.11. The van der Waals surface area contributed by atoms with Gasteiger partial charge in [0.05, 0.1) is 28.6 Å². The molecule has 2 heterocycles. The molecule has 4 nitrogen and oxygen atoms in total. The van der Waals surface area contributed by atoms with Crippen molar-refractivity contribution in [1.29, 1.82) is 0 Å². The van der Waals surface area contributed by atoms with Crippen LogP contribution in [-0.4, -0.2) is 14.7 Å². The number of nitrogens with zero attached hydrogens (tertiary/aromatic N) is 3. The molecule has 0 bridgehead atoms. The summed E-state index contributed by atoms with van der Waals surface area (Å²) in [7, 11) is 0. The molecule has 1 atom stereocenters. The van der Waals surface area contributed by atoms with Crippen molar-refractivity contribution in [2.75, 3.05) is 0 Å². The number of alkyl halides is 1. The molecule has 1 unspecified atom stereocenters. The van der Waals surface area contributed by atoms with Crippen LogP contribution < -0.4 is 0 Å². The molecule has 104 valence electrons. The predicted molar refractivity (Wildman–Crippen MR) is 79.1 cm³/mol. The Bertz CT molecular complexity index is 740. The molecule has 2 aromatic heterocycles. The maximum Gasteiger partial charge on any atom is 0.139 e. The number of hydrogen-bond acceptors (Lipinski definition) is 3. The largest absolute Gasteiger partial charge is 0.361 e. The van der Waals surface area contributed by atoms with E-state index in [1.165, 1.54) is 0 Å². The summed E-state index contributed by atoms with van der Waals surface area (Å²) in [4.78, 5) is 4.60. The van der Waals surface area contributed by atoms with Crippen molar-refractivity contribution >= 4 is 22.6 Å². The number of imidazole rings is 1. The number of halogens is 1. The molecular weight excluding hydrogens is 274 g/mol. The Hall–Kier alpha value is -1.81. The fourth-order valence-electron chi connectivity index (χ4n) is 2.84. The van der Waals surface area contributed by atoms with Gasteiger partial charge in [-0.05, 0) is 32.9 Å². The molecule has 1 aromatic carbocycles. The highest BCUT2D eigenvalue weighted by Crippen LogP contribution is 2.30. The van der Waals surface area contributed by atoms with Crippen molar-refractivity contribution in [3.8, 4) is 0 Å². The van der Waals surface area contributed by atoms with E-state index in [-0.39, 0.29) is 6.04 Å². The van der Waals surface area contributed by atoms with Crippen LogP contribution in [0, 0.1) is 13.8 Å². The summed E-state index contributed by atoms with van der Waals surface area (Å²) in [6.07, 6.45) is 0. The Labute approximate surface area is 122 Å².